The smallest absolute Gasteiger partial charge is 0.251 e. The fraction of sp³-hybridized carbons (Fsp3) is 0.458. The van der Waals surface area contributed by atoms with Crippen LogP contribution < -0.4 is 14.8 Å². The van der Waals surface area contributed by atoms with Crippen LogP contribution in [0.4, 0.5) is 0 Å². The minimum atomic E-state index is -0.192. The summed E-state index contributed by atoms with van der Waals surface area (Å²) in [5.41, 5.74) is 2.67. The van der Waals surface area contributed by atoms with E-state index in [1.165, 1.54) is 5.56 Å². The highest BCUT2D eigenvalue weighted by molar-refractivity contribution is 5.94. The van der Waals surface area contributed by atoms with Crippen molar-refractivity contribution in [3.05, 3.63) is 59.2 Å². The molecule has 0 saturated carbocycles. The first-order chi connectivity index (χ1) is 13.9. The second-order valence-corrected chi connectivity index (χ2v) is 8.05. The zero-order valence-corrected chi connectivity index (χ0v) is 18.0. The van der Waals surface area contributed by atoms with Crippen LogP contribution in [-0.4, -0.2) is 42.6 Å². The number of fused-ring (bicyclic) bond motifs is 1. The third-order valence-electron chi connectivity index (χ3n) is 5.27. The normalized spacial score (nSPS) is 14.4. The predicted octanol–water partition coefficient (Wildman–Crippen LogP) is 4.05. The van der Waals surface area contributed by atoms with Gasteiger partial charge in [0.15, 0.2) is 11.5 Å². The van der Waals surface area contributed by atoms with Gasteiger partial charge in [-0.25, -0.2) is 0 Å². The Morgan fingerprint density at radius 3 is 2.55 bits per heavy atom. The summed E-state index contributed by atoms with van der Waals surface area (Å²) < 4.78 is 12.1. The molecular formula is C24H32N2O3. The Hall–Kier alpha value is -2.53. The summed E-state index contributed by atoms with van der Waals surface area (Å²) in [4.78, 5) is 14.6. The average molecular weight is 397 g/mol. The number of likely N-dealkylation sites (N-methyl/N-ethyl adjacent to an activating group) is 1. The standard InChI is InChI=1S/C24H32N2O3/c1-5-26(6-2)15-14-25-23(27)19-12-10-18(11-13-19)17-28-21-9-7-8-20-16-24(3,4)29-22(20)21/h7-13H,5-6,14-17H2,1-4H3,(H,25,27). The molecule has 2 aromatic rings. The minimum absolute atomic E-state index is 0.0406. The average Bonchev–Trinajstić information content (AvgIpc) is 3.04. The quantitative estimate of drug-likeness (QED) is 0.695. The molecule has 0 radical (unpaired) electrons. The highest BCUT2D eigenvalue weighted by atomic mass is 16.5. The lowest BCUT2D eigenvalue weighted by molar-refractivity contribution is 0.0949. The number of carbonyl (C=O) groups is 1. The van der Waals surface area contributed by atoms with Crippen LogP contribution in [0.25, 0.3) is 0 Å². The summed E-state index contributed by atoms with van der Waals surface area (Å²) in [6, 6.07) is 13.6. The summed E-state index contributed by atoms with van der Waals surface area (Å²) in [6.45, 7) is 12.4. The van der Waals surface area contributed by atoms with Gasteiger partial charge in [-0.2, -0.15) is 0 Å². The Kier molecular flexibility index (Phi) is 6.80. The van der Waals surface area contributed by atoms with Crippen molar-refractivity contribution in [2.45, 2.75) is 46.3 Å². The molecule has 5 heteroatoms. The molecule has 0 fully saturated rings. The fourth-order valence-electron chi connectivity index (χ4n) is 3.58. The van der Waals surface area contributed by atoms with E-state index >= 15 is 0 Å². The maximum Gasteiger partial charge on any atom is 0.251 e. The molecule has 2 aromatic carbocycles. The van der Waals surface area contributed by atoms with Gasteiger partial charge in [-0.3, -0.25) is 4.79 Å². The van der Waals surface area contributed by atoms with E-state index in [1.807, 2.05) is 36.4 Å². The van der Waals surface area contributed by atoms with Crippen molar-refractivity contribution in [3.8, 4) is 11.5 Å². The highest BCUT2D eigenvalue weighted by Gasteiger charge is 2.32. The third kappa shape index (κ3) is 5.51. The molecule has 0 unspecified atom stereocenters. The van der Waals surface area contributed by atoms with Crippen molar-refractivity contribution >= 4 is 5.91 Å². The van der Waals surface area contributed by atoms with Crippen molar-refractivity contribution in [2.24, 2.45) is 0 Å². The van der Waals surface area contributed by atoms with Gasteiger partial charge in [0.25, 0.3) is 5.91 Å². The monoisotopic (exact) mass is 396 g/mol. The number of nitrogens with one attached hydrogen (secondary N) is 1. The molecule has 0 aliphatic carbocycles. The lowest BCUT2D eigenvalue weighted by atomic mass is 10.0. The van der Waals surface area contributed by atoms with E-state index in [4.69, 9.17) is 9.47 Å². The summed E-state index contributed by atoms with van der Waals surface area (Å²) >= 11 is 0. The maximum absolute atomic E-state index is 12.3. The van der Waals surface area contributed by atoms with E-state index in [2.05, 4.69) is 44.0 Å². The van der Waals surface area contributed by atoms with Crippen molar-refractivity contribution in [1.82, 2.24) is 10.2 Å². The molecule has 0 spiro atoms. The van der Waals surface area contributed by atoms with Gasteiger partial charge in [0.05, 0.1) is 0 Å². The number of para-hydroxylation sites is 1. The maximum atomic E-state index is 12.3. The Balaban J connectivity index is 1.53. The largest absolute Gasteiger partial charge is 0.485 e. The molecule has 1 N–H and O–H groups in total. The van der Waals surface area contributed by atoms with E-state index in [-0.39, 0.29) is 11.5 Å². The van der Waals surface area contributed by atoms with Crippen LogP contribution in [0, 0.1) is 0 Å². The summed E-state index contributed by atoms with van der Waals surface area (Å²) in [5, 5.41) is 2.98. The van der Waals surface area contributed by atoms with Gasteiger partial charge in [-0.15, -0.1) is 0 Å². The number of hydrogen-bond donors (Lipinski definition) is 1. The SMILES string of the molecule is CCN(CC)CCNC(=O)c1ccc(COc2cccc3c2OC(C)(C)C3)cc1. The highest BCUT2D eigenvalue weighted by Crippen LogP contribution is 2.41. The molecular weight excluding hydrogens is 364 g/mol. The number of benzene rings is 2. The van der Waals surface area contributed by atoms with Crippen LogP contribution in [0.15, 0.2) is 42.5 Å². The number of hydrogen-bond acceptors (Lipinski definition) is 4. The third-order valence-corrected chi connectivity index (χ3v) is 5.27. The van der Waals surface area contributed by atoms with Gasteiger partial charge in [-0.05, 0) is 50.7 Å². The molecule has 1 amide bonds. The number of rotatable bonds is 9. The molecule has 156 valence electrons. The Labute approximate surface area is 174 Å². The van der Waals surface area contributed by atoms with Crippen LogP contribution >= 0.6 is 0 Å². The Bertz CT molecular complexity index is 827. The topological polar surface area (TPSA) is 50.8 Å². The first-order valence-corrected chi connectivity index (χ1v) is 10.4. The molecule has 0 bridgehead atoms. The van der Waals surface area contributed by atoms with Gasteiger partial charge in [0, 0.05) is 30.6 Å². The molecule has 3 rings (SSSR count). The van der Waals surface area contributed by atoms with Crippen LogP contribution in [0.2, 0.25) is 0 Å². The summed E-state index contributed by atoms with van der Waals surface area (Å²) in [6.07, 6.45) is 0.887. The summed E-state index contributed by atoms with van der Waals surface area (Å²) in [7, 11) is 0. The van der Waals surface area contributed by atoms with Gasteiger partial charge in [0.1, 0.15) is 12.2 Å². The van der Waals surface area contributed by atoms with Gasteiger partial charge < -0.3 is 19.7 Å². The number of carbonyl (C=O) groups excluding carboxylic acids is 1. The van der Waals surface area contributed by atoms with E-state index in [9.17, 15) is 4.79 Å². The second-order valence-electron chi connectivity index (χ2n) is 8.05. The van der Waals surface area contributed by atoms with E-state index in [1.54, 1.807) is 0 Å². The van der Waals surface area contributed by atoms with E-state index in [0.717, 1.165) is 43.1 Å². The number of ether oxygens (including phenoxy) is 2. The Morgan fingerprint density at radius 2 is 1.86 bits per heavy atom. The van der Waals surface area contributed by atoms with Gasteiger partial charge in [0.2, 0.25) is 0 Å². The molecule has 1 aliphatic rings. The van der Waals surface area contributed by atoms with Crippen LogP contribution in [0.1, 0.15) is 49.2 Å². The lowest BCUT2D eigenvalue weighted by Gasteiger charge is -2.18. The summed E-state index contributed by atoms with van der Waals surface area (Å²) in [5.74, 6) is 1.58. The van der Waals surface area contributed by atoms with Gasteiger partial charge >= 0.3 is 0 Å². The molecule has 1 aliphatic heterocycles. The molecule has 0 saturated heterocycles. The van der Waals surface area contributed by atoms with Crippen LogP contribution in [-0.2, 0) is 13.0 Å². The molecule has 5 nitrogen and oxygen atoms in total. The van der Waals surface area contributed by atoms with Gasteiger partial charge in [-0.1, -0.05) is 38.1 Å². The minimum Gasteiger partial charge on any atom is -0.485 e. The fourth-order valence-corrected chi connectivity index (χ4v) is 3.58. The zero-order valence-electron chi connectivity index (χ0n) is 18.0. The van der Waals surface area contributed by atoms with Crippen molar-refractivity contribution < 1.29 is 14.3 Å². The number of amides is 1. The number of nitrogens with zero attached hydrogens (tertiary/aromatic N) is 1. The molecule has 29 heavy (non-hydrogen) atoms. The van der Waals surface area contributed by atoms with Crippen molar-refractivity contribution in [1.29, 1.82) is 0 Å². The lowest BCUT2D eigenvalue weighted by Crippen LogP contribution is -2.34. The van der Waals surface area contributed by atoms with Crippen LogP contribution in [0.5, 0.6) is 11.5 Å². The molecule has 1 heterocycles. The Morgan fingerprint density at radius 1 is 1.14 bits per heavy atom. The van der Waals surface area contributed by atoms with Crippen molar-refractivity contribution in [2.75, 3.05) is 26.2 Å². The molecule has 0 atom stereocenters. The first kappa shape index (κ1) is 21.2. The predicted molar refractivity (Wildman–Crippen MR) is 116 cm³/mol. The van der Waals surface area contributed by atoms with Crippen molar-refractivity contribution in [3.63, 3.8) is 0 Å². The molecule has 0 aromatic heterocycles. The first-order valence-electron chi connectivity index (χ1n) is 10.4. The second kappa shape index (κ2) is 9.31. The van der Waals surface area contributed by atoms with E-state index in [0.29, 0.717) is 18.7 Å². The van der Waals surface area contributed by atoms with Crippen LogP contribution in [0.3, 0.4) is 0 Å². The zero-order chi connectivity index (χ0) is 20.9. The van der Waals surface area contributed by atoms with E-state index < -0.39 is 0 Å².